The van der Waals surface area contributed by atoms with Gasteiger partial charge in [-0.25, -0.2) is 4.98 Å². The Kier molecular flexibility index (Phi) is 1.91. The van der Waals surface area contributed by atoms with Crippen LogP contribution in [0, 0.1) is 0 Å². The molecular weight excluding hydrogens is 220 g/mol. The fourth-order valence-corrected chi connectivity index (χ4v) is 1.57. The van der Waals surface area contributed by atoms with Gasteiger partial charge in [0.05, 0.1) is 0 Å². The van der Waals surface area contributed by atoms with Crippen molar-refractivity contribution in [3.05, 3.63) is 34.9 Å². The van der Waals surface area contributed by atoms with Crippen molar-refractivity contribution in [3.8, 4) is 11.4 Å². The average Bonchev–Trinajstić information content (AvgIpc) is 2.74. The Hall–Kier alpha value is -2.70. The van der Waals surface area contributed by atoms with Crippen LogP contribution in [-0.2, 0) is 0 Å². The Morgan fingerprint density at radius 1 is 1.12 bits per heavy atom. The van der Waals surface area contributed by atoms with Gasteiger partial charge in [-0.2, -0.15) is 4.98 Å². The number of nitrogens with one attached hydrogen (secondary N) is 2. The second kappa shape index (κ2) is 3.41. The van der Waals surface area contributed by atoms with E-state index in [9.17, 15) is 4.79 Å². The summed E-state index contributed by atoms with van der Waals surface area (Å²) in [6, 6.07) is 3.57. The number of pyridine rings is 1. The van der Waals surface area contributed by atoms with Crippen molar-refractivity contribution < 1.29 is 0 Å². The quantitative estimate of drug-likeness (QED) is 0.554. The van der Waals surface area contributed by atoms with E-state index in [0.717, 1.165) is 5.56 Å². The van der Waals surface area contributed by atoms with Crippen molar-refractivity contribution in [2.45, 2.75) is 0 Å². The molecule has 4 N–H and O–H groups in total. The Morgan fingerprint density at radius 3 is 2.65 bits per heavy atom. The number of nitrogens with zero attached hydrogens (tertiary/aromatic N) is 3. The molecule has 84 valence electrons. The van der Waals surface area contributed by atoms with E-state index >= 15 is 0 Å². The monoisotopic (exact) mass is 228 g/mol. The lowest BCUT2D eigenvalue weighted by molar-refractivity contribution is 1.17. The van der Waals surface area contributed by atoms with Gasteiger partial charge in [0.25, 0.3) is 5.56 Å². The Morgan fingerprint density at radius 2 is 1.88 bits per heavy atom. The smallest absolute Gasteiger partial charge is 0.278 e. The lowest BCUT2D eigenvalue weighted by atomic mass is 10.3. The molecule has 0 aromatic carbocycles. The van der Waals surface area contributed by atoms with Gasteiger partial charge in [-0.3, -0.25) is 14.8 Å². The van der Waals surface area contributed by atoms with Gasteiger partial charge in [0.2, 0.25) is 5.95 Å². The molecule has 0 bridgehead atoms. The van der Waals surface area contributed by atoms with Crippen LogP contribution in [0.2, 0.25) is 0 Å². The van der Waals surface area contributed by atoms with Crippen LogP contribution < -0.4 is 11.3 Å². The highest BCUT2D eigenvalue weighted by Gasteiger charge is 2.09. The predicted octanol–water partition coefficient (Wildman–Crippen LogP) is 0.290. The number of rotatable bonds is 1. The number of nitrogen functional groups attached to an aromatic ring is 1. The molecule has 3 aromatic rings. The summed E-state index contributed by atoms with van der Waals surface area (Å²) in [5.74, 6) is 0.612. The van der Waals surface area contributed by atoms with Crippen molar-refractivity contribution in [1.82, 2.24) is 24.9 Å². The van der Waals surface area contributed by atoms with E-state index in [1.165, 1.54) is 0 Å². The third-order valence-corrected chi connectivity index (χ3v) is 2.33. The summed E-state index contributed by atoms with van der Waals surface area (Å²) in [6.07, 6.45) is 3.29. The number of hydrogen-bond donors (Lipinski definition) is 3. The van der Waals surface area contributed by atoms with E-state index in [-0.39, 0.29) is 11.5 Å². The molecule has 7 heteroatoms. The van der Waals surface area contributed by atoms with Gasteiger partial charge in [-0.15, -0.1) is 0 Å². The third-order valence-electron chi connectivity index (χ3n) is 2.33. The Labute approximate surface area is 94.8 Å². The molecule has 0 saturated carbocycles. The minimum Gasteiger partial charge on any atom is -0.369 e. The Bertz CT molecular complexity index is 729. The average molecular weight is 228 g/mol. The van der Waals surface area contributed by atoms with Gasteiger partial charge in [0.1, 0.15) is 5.82 Å². The molecule has 7 nitrogen and oxygen atoms in total. The molecule has 3 rings (SSSR count). The number of aromatic amines is 2. The van der Waals surface area contributed by atoms with Gasteiger partial charge in [-0.05, 0) is 12.1 Å². The molecule has 3 aromatic heterocycles. The third kappa shape index (κ3) is 1.53. The van der Waals surface area contributed by atoms with E-state index in [2.05, 4.69) is 24.9 Å². The topological polar surface area (TPSA) is 113 Å². The van der Waals surface area contributed by atoms with Gasteiger partial charge < -0.3 is 10.7 Å². The molecule has 0 aliphatic heterocycles. The number of H-pyrrole nitrogens is 2. The van der Waals surface area contributed by atoms with E-state index in [4.69, 9.17) is 5.73 Å². The molecule has 0 radical (unpaired) electrons. The zero-order valence-electron chi connectivity index (χ0n) is 8.64. The molecule has 0 unspecified atom stereocenters. The maximum absolute atomic E-state index is 11.6. The maximum Gasteiger partial charge on any atom is 0.278 e. The first-order chi connectivity index (χ1) is 8.24. The van der Waals surface area contributed by atoms with Crippen LogP contribution in [0.1, 0.15) is 0 Å². The highest BCUT2D eigenvalue weighted by molar-refractivity contribution is 5.75. The molecule has 3 heterocycles. The fraction of sp³-hybridized carbons (Fsp3) is 0. The van der Waals surface area contributed by atoms with Gasteiger partial charge in [0.15, 0.2) is 11.2 Å². The van der Waals surface area contributed by atoms with E-state index < -0.39 is 0 Å². The number of nitrogens with two attached hydrogens (primary N) is 1. The zero-order valence-corrected chi connectivity index (χ0v) is 8.64. The summed E-state index contributed by atoms with van der Waals surface area (Å²) in [7, 11) is 0. The lowest BCUT2D eigenvalue weighted by Crippen LogP contribution is -2.10. The molecule has 17 heavy (non-hydrogen) atoms. The van der Waals surface area contributed by atoms with Crippen molar-refractivity contribution in [2.24, 2.45) is 0 Å². The number of hydrogen-bond acceptors (Lipinski definition) is 5. The molecule has 0 saturated heterocycles. The van der Waals surface area contributed by atoms with Crippen molar-refractivity contribution in [3.63, 3.8) is 0 Å². The first-order valence-electron chi connectivity index (χ1n) is 4.90. The van der Waals surface area contributed by atoms with Crippen LogP contribution in [-0.4, -0.2) is 24.9 Å². The first-order valence-corrected chi connectivity index (χ1v) is 4.90. The van der Waals surface area contributed by atoms with Crippen molar-refractivity contribution in [2.75, 3.05) is 5.73 Å². The highest BCUT2D eigenvalue weighted by Crippen LogP contribution is 2.16. The standard InChI is InChI=1S/C10H8N6O/c11-10-15-8-6(9(17)16-10)13-7(14-8)5-1-3-12-4-2-5/h1-4H,(H4,11,13,14,15,16,17). The fourth-order valence-electron chi connectivity index (χ4n) is 1.57. The molecule has 0 atom stereocenters. The van der Waals surface area contributed by atoms with E-state index in [0.29, 0.717) is 17.0 Å². The first kappa shape index (κ1) is 9.52. The van der Waals surface area contributed by atoms with E-state index in [1.807, 2.05) is 0 Å². The normalized spacial score (nSPS) is 10.8. The largest absolute Gasteiger partial charge is 0.369 e. The molecule has 0 aliphatic rings. The second-order valence-corrected chi connectivity index (χ2v) is 3.47. The highest BCUT2D eigenvalue weighted by atomic mass is 16.1. The molecule has 0 spiro atoms. The van der Waals surface area contributed by atoms with Crippen LogP contribution in [0.3, 0.4) is 0 Å². The SMILES string of the molecule is Nc1nc2nc(-c3ccncc3)[nH]c2c(=O)[nH]1. The van der Waals surface area contributed by atoms with Crippen LogP contribution in [0.4, 0.5) is 5.95 Å². The van der Waals surface area contributed by atoms with Gasteiger partial charge in [0, 0.05) is 18.0 Å². The number of aromatic nitrogens is 5. The number of anilines is 1. The predicted molar refractivity (Wildman–Crippen MR) is 62.2 cm³/mol. The molecule has 0 amide bonds. The number of imidazole rings is 1. The van der Waals surface area contributed by atoms with Crippen LogP contribution in [0.15, 0.2) is 29.3 Å². The zero-order chi connectivity index (χ0) is 11.8. The molecular formula is C10H8N6O. The minimum atomic E-state index is -0.333. The van der Waals surface area contributed by atoms with Crippen LogP contribution in [0.25, 0.3) is 22.6 Å². The van der Waals surface area contributed by atoms with E-state index in [1.54, 1.807) is 24.5 Å². The Balaban J connectivity index is 2.28. The summed E-state index contributed by atoms with van der Waals surface area (Å²) in [4.78, 5) is 29.0. The minimum absolute atomic E-state index is 0.0512. The molecule has 0 aliphatic carbocycles. The summed E-state index contributed by atoms with van der Waals surface area (Å²) >= 11 is 0. The maximum atomic E-state index is 11.6. The summed E-state index contributed by atoms with van der Waals surface area (Å²) in [6.45, 7) is 0. The van der Waals surface area contributed by atoms with Crippen molar-refractivity contribution >= 4 is 17.1 Å². The summed E-state index contributed by atoms with van der Waals surface area (Å²) < 4.78 is 0. The van der Waals surface area contributed by atoms with Gasteiger partial charge in [-0.1, -0.05) is 0 Å². The molecule has 0 fully saturated rings. The van der Waals surface area contributed by atoms with Gasteiger partial charge >= 0.3 is 0 Å². The number of fused-ring (bicyclic) bond motifs is 1. The lowest BCUT2D eigenvalue weighted by Gasteiger charge is -1.92. The summed E-state index contributed by atoms with van der Waals surface area (Å²) in [5, 5.41) is 0. The van der Waals surface area contributed by atoms with Crippen molar-refractivity contribution in [1.29, 1.82) is 0 Å². The van der Waals surface area contributed by atoms with Crippen LogP contribution >= 0.6 is 0 Å². The summed E-state index contributed by atoms with van der Waals surface area (Å²) in [5.41, 5.74) is 6.55. The van der Waals surface area contributed by atoms with Crippen LogP contribution in [0.5, 0.6) is 0 Å². The second-order valence-electron chi connectivity index (χ2n) is 3.47.